The van der Waals surface area contributed by atoms with Crippen LogP contribution in [-0.4, -0.2) is 75.2 Å². The normalized spacial score (nSPS) is 18.6. The van der Waals surface area contributed by atoms with E-state index in [-0.39, 0.29) is 18.0 Å². The van der Waals surface area contributed by atoms with Crippen LogP contribution in [0.25, 0.3) is 11.0 Å². The fourth-order valence-corrected chi connectivity index (χ4v) is 5.85. The predicted molar refractivity (Wildman–Crippen MR) is 165 cm³/mol. The molecule has 0 spiro atoms. The molecule has 3 heterocycles. The Labute approximate surface area is 251 Å². The minimum Gasteiger partial charge on any atom is -0.444 e. The lowest BCUT2D eigenvalue weighted by atomic mass is 10.0. The van der Waals surface area contributed by atoms with Crippen molar-refractivity contribution < 1.29 is 19.1 Å². The van der Waals surface area contributed by atoms with E-state index in [1.807, 2.05) is 63.2 Å². The van der Waals surface area contributed by atoms with E-state index in [0.29, 0.717) is 6.42 Å². The lowest BCUT2D eigenvalue weighted by Crippen LogP contribution is -2.46. The number of fused-ring (bicyclic) bond motifs is 1. The SMILES string of the molecule is Cn1c(=O)n(C2CCC(=O)NC2=O)c2ccc(CCCN3CCN(Cc4ccc(NC(=O)OC(C)(C)C)cc4)CC3)cc21. The minimum atomic E-state index is -0.668. The second kappa shape index (κ2) is 12.7. The largest absolute Gasteiger partial charge is 0.444 e. The molecule has 2 N–H and O–H groups in total. The van der Waals surface area contributed by atoms with Gasteiger partial charge in [0.2, 0.25) is 11.8 Å². The molecule has 5 rings (SSSR count). The quantitative estimate of drug-likeness (QED) is 0.386. The summed E-state index contributed by atoms with van der Waals surface area (Å²) in [5, 5.41) is 5.13. The zero-order valence-corrected chi connectivity index (χ0v) is 25.5. The summed E-state index contributed by atoms with van der Waals surface area (Å²) in [6, 6.07) is 13.3. The van der Waals surface area contributed by atoms with Crippen molar-refractivity contribution >= 4 is 34.6 Å². The van der Waals surface area contributed by atoms with Gasteiger partial charge in [0, 0.05) is 51.9 Å². The van der Waals surface area contributed by atoms with Gasteiger partial charge in [-0.3, -0.25) is 34.3 Å². The summed E-state index contributed by atoms with van der Waals surface area (Å²) in [5.74, 6) is -0.709. The Morgan fingerprint density at radius 1 is 0.953 bits per heavy atom. The van der Waals surface area contributed by atoms with Crippen LogP contribution in [0.1, 0.15) is 57.2 Å². The van der Waals surface area contributed by atoms with E-state index in [2.05, 4.69) is 20.4 Å². The number of piperazine rings is 1. The molecule has 1 aromatic heterocycles. The van der Waals surface area contributed by atoms with Gasteiger partial charge in [0.05, 0.1) is 11.0 Å². The van der Waals surface area contributed by atoms with Crippen LogP contribution in [-0.2, 0) is 34.3 Å². The van der Waals surface area contributed by atoms with Crippen molar-refractivity contribution in [2.24, 2.45) is 7.05 Å². The Morgan fingerprint density at radius 3 is 2.30 bits per heavy atom. The van der Waals surface area contributed by atoms with Gasteiger partial charge in [0.15, 0.2) is 0 Å². The number of aryl methyl sites for hydroxylation is 2. The lowest BCUT2D eigenvalue weighted by Gasteiger charge is -2.34. The molecular weight excluding hydrogens is 548 g/mol. The van der Waals surface area contributed by atoms with E-state index in [9.17, 15) is 19.2 Å². The third-order valence-electron chi connectivity index (χ3n) is 8.09. The van der Waals surface area contributed by atoms with E-state index < -0.39 is 23.6 Å². The van der Waals surface area contributed by atoms with Gasteiger partial charge in [-0.1, -0.05) is 18.2 Å². The predicted octanol–water partition coefficient (Wildman–Crippen LogP) is 3.42. The van der Waals surface area contributed by atoms with Crippen molar-refractivity contribution in [3.8, 4) is 0 Å². The minimum absolute atomic E-state index is 0.230. The molecule has 230 valence electrons. The molecule has 0 aliphatic carbocycles. The van der Waals surface area contributed by atoms with Gasteiger partial charge in [-0.2, -0.15) is 0 Å². The number of carbonyl (C=O) groups excluding carboxylic acids is 3. The molecule has 2 aromatic carbocycles. The summed E-state index contributed by atoms with van der Waals surface area (Å²) in [6.45, 7) is 11.4. The number of imide groups is 1. The first-order valence-corrected chi connectivity index (χ1v) is 15.0. The maximum atomic E-state index is 13.0. The number of amides is 3. The number of anilines is 1. The standard InChI is InChI=1S/C32H42N6O5/c1-32(2,3)43-30(41)33-24-10-7-23(8-11-24)21-37-18-16-36(17-19-37)15-5-6-22-9-12-25-27(20-22)35(4)31(42)38(25)26-13-14-28(39)34-29(26)40/h7-12,20,26H,5-6,13-19,21H2,1-4H3,(H,33,41)(H,34,39,40). The summed E-state index contributed by atoms with van der Waals surface area (Å²) in [5.41, 5.74) is 3.83. The Morgan fingerprint density at radius 2 is 1.63 bits per heavy atom. The molecule has 43 heavy (non-hydrogen) atoms. The molecule has 0 saturated carbocycles. The molecule has 2 saturated heterocycles. The highest BCUT2D eigenvalue weighted by molar-refractivity contribution is 6.00. The van der Waals surface area contributed by atoms with Crippen LogP contribution in [0.3, 0.4) is 0 Å². The summed E-state index contributed by atoms with van der Waals surface area (Å²) >= 11 is 0. The molecule has 11 nitrogen and oxygen atoms in total. The van der Waals surface area contributed by atoms with Crippen molar-refractivity contribution in [1.29, 1.82) is 0 Å². The monoisotopic (exact) mass is 590 g/mol. The van der Waals surface area contributed by atoms with Gasteiger partial charge in [-0.05, 0) is 82.0 Å². The maximum Gasteiger partial charge on any atom is 0.412 e. The molecule has 2 aliphatic heterocycles. The summed E-state index contributed by atoms with van der Waals surface area (Å²) < 4.78 is 8.43. The first kappa shape index (κ1) is 30.5. The molecular formula is C32H42N6O5. The van der Waals surface area contributed by atoms with Crippen molar-refractivity contribution in [1.82, 2.24) is 24.3 Å². The molecule has 2 fully saturated rings. The van der Waals surface area contributed by atoms with E-state index >= 15 is 0 Å². The Kier molecular flexibility index (Phi) is 9.03. The fourth-order valence-electron chi connectivity index (χ4n) is 5.85. The van der Waals surface area contributed by atoms with Gasteiger partial charge < -0.3 is 9.64 Å². The van der Waals surface area contributed by atoms with Crippen LogP contribution in [0.5, 0.6) is 0 Å². The number of imidazole rings is 1. The van der Waals surface area contributed by atoms with Crippen LogP contribution in [0.2, 0.25) is 0 Å². The number of nitrogens with zero attached hydrogens (tertiary/aromatic N) is 4. The number of benzene rings is 2. The molecule has 3 amide bonds. The topological polar surface area (TPSA) is 118 Å². The zero-order chi connectivity index (χ0) is 30.7. The van der Waals surface area contributed by atoms with Crippen LogP contribution in [0.15, 0.2) is 47.3 Å². The second-order valence-electron chi connectivity index (χ2n) is 12.5. The van der Waals surface area contributed by atoms with Crippen molar-refractivity contribution in [2.75, 3.05) is 38.0 Å². The van der Waals surface area contributed by atoms with Gasteiger partial charge >= 0.3 is 11.8 Å². The number of aromatic nitrogens is 2. The maximum absolute atomic E-state index is 13.0. The Bertz CT molecular complexity index is 1540. The number of piperidine rings is 1. The third kappa shape index (κ3) is 7.52. The summed E-state index contributed by atoms with van der Waals surface area (Å²) in [6.07, 6.45) is 2.02. The molecule has 11 heteroatoms. The second-order valence-corrected chi connectivity index (χ2v) is 12.5. The average molecular weight is 591 g/mol. The van der Waals surface area contributed by atoms with Gasteiger partial charge in [-0.25, -0.2) is 9.59 Å². The molecule has 0 bridgehead atoms. The highest BCUT2D eigenvalue weighted by atomic mass is 16.6. The number of hydrogen-bond acceptors (Lipinski definition) is 7. The van der Waals surface area contributed by atoms with Crippen molar-refractivity contribution in [3.63, 3.8) is 0 Å². The van der Waals surface area contributed by atoms with Gasteiger partial charge in [-0.15, -0.1) is 0 Å². The van der Waals surface area contributed by atoms with E-state index in [1.54, 1.807) is 11.6 Å². The number of ether oxygens (including phenoxy) is 1. The molecule has 2 aliphatic rings. The highest BCUT2D eigenvalue weighted by Crippen LogP contribution is 2.24. The number of rotatable bonds is 8. The molecule has 3 aromatic rings. The van der Waals surface area contributed by atoms with Crippen LogP contribution in [0, 0.1) is 0 Å². The number of hydrogen-bond donors (Lipinski definition) is 2. The number of nitrogens with one attached hydrogen (secondary N) is 2. The first-order valence-electron chi connectivity index (χ1n) is 15.0. The smallest absolute Gasteiger partial charge is 0.412 e. The Balaban J connectivity index is 1.08. The van der Waals surface area contributed by atoms with E-state index in [0.717, 1.165) is 74.4 Å². The van der Waals surface area contributed by atoms with Gasteiger partial charge in [0.1, 0.15) is 11.6 Å². The van der Waals surface area contributed by atoms with E-state index in [4.69, 9.17) is 4.74 Å². The highest BCUT2D eigenvalue weighted by Gasteiger charge is 2.31. The summed E-state index contributed by atoms with van der Waals surface area (Å²) in [4.78, 5) is 54.0. The van der Waals surface area contributed by atoms with Crippen molar-refractivity contribution in [2.45, 2.75) is 64.6 Å². The fraction of sp³-hybridized carbons (Fsp3) is 0.500. The average Bonchev–Trinajstić information content (AvgIpc) is 3.19. The molecule has 1 atom stereocenters. The molecule has 0 radical (unpaired) electrons. The van der Waals surface area contributed by atoms with Crippen LogP contribution < -0.4 is 16.3 Å². The van der Waals surface area contributed by atoms with Crippen LogP contribution in [0.4, 0.5) is 10.5 Å². The third-order valence-corrected chi connectivity index (χ3v) is 8.09. The zero-order valence-electron chi connectivity index (χ0n) is 25.5. The number of carbonyl (C=O) groups is 3. The lowest BCUT2D eigenvalue weighted by molar-refractivity contribution is -0.135. The summed E-state index contributed by atoms with van der Waals surface area (Å²) in [7, 11) is 1.73. The molecule has 1 unspecified atom stereocenters. The van der Waals surface area contributed by atoms with Gasteiger partial charge in [0.25, 0.3) is 0 Å². The van der Waals surface area contributed by atoms with Crippen molar-refractivity contribution in [3.05, 3.63) is 64.1 Å². The van der Waals surface area contributed by atoms with E-state index in [1.165, 1.54) is 10.1 Å². The van der Waals surface area contributed by atoms with Crippen LogP contribution >= 0.6 is 0 Å². The first-order chi connectivity index (χ1) is 20.5. The Hall–Kier alpha value is -3.96.